The number of carbonyl (C=O) groups excluding carboxylic acids is 2. The predicted octanol–water partition coefficient (Wildman–Crippen LogP) is 4.75. The standard InChI is InChI=1S/C17H12Cl6N2O4/c1-6(26)24-7-3-2-4-8(5-7)25-13(27)9-10(14(28)29)16(21)12(19)11(18)15(9,20)17(16,22)23/h2-5,9-10H,1H3,(H,24,26)(H,25,27)(H,28,29)/t9-,10-,15-,16-/m1/s1. The number of carbonyl (C=O) groups is 3. The van der Waals surface area contributed by atoms with Crippen LogP contribution in [0.5, 0.6) is 0 Å². The molecule has 0 saturated heterocycles. The van der Waals surface area contributed by atoms with Gasteiger partial charge in [0.05, 0.1) is 21.9 Å². The second-order valence-corrected chi connectivity index (χ2v) is 9.95. The van der Waals surface area contributed by atoms with Crippen LogP contribution in [0.4, 0.5) is 11.4 Å². The Balaban J connectivity index is 2.03. The summed E-state index contributed by atoms with van der Waals surface area (Å²) < 4.78 is -2.18. The number of allylic oxidation sites excluding steroid dienone is 2. The number of halogens is 6. The molecule has 1 aromatic carbocycles. The van der Waals surface area contributed by atoms with E-state index < -0.39 is 37.8 Å². The van der Waals surface area contributed by atoms with Gasteiger partial charge in [0.2, 0.25) is 11.8 Å². The first-order chi connectivity index (χ1) is 13.3. The molecule has 3 N–H and O–H groups in total. The maximum absolute atomic E-state index is 13.1. The van der Waals surface area contributed by atoms with Crippen molar-refractivity contribution in [1.29, 1.82) is 0 Å². The summed E-state index contributed by atoms with van der Waals surface area (Å²) in [6.07, 6.45) is 0. The fourth-order valence-electron chi connectivity index (χ4n) is 3.73. The summed E-state index contributed by atoms with van der Waals surface area (Å²) in [6, 6.07) is 6.18. The minimum absolute atomic E-state index is 0.262. The van der Waals surface area contributed by atoms with Gasteiger partial charge in [0.15, 0.2) is 4.33 Å². The maximum atomic E-state index is 13.1. The Hall–Kier alpha value is -0.890. The van der Waals surface area contributed by atoms with E-state index in [9.17, 15) is 19.5 Å². The number of rotatable bonds is 4. The van der Waals surface area contributed by atoms with Gasteiger partial charge in [-0.2, -0.15) is 0 Å². The van der Waals surface area contributed by atoms with Crippen molar-refractivity contribution in [2.45, 2.75) is 21.0 Å². The maximum Gasteiger partial charge on any atom is 0.309 e. The van der Waals surface area contributed by atoms with Gasteiger partial charge in [-0.3, -0.25) is 14.4 Å². The summed E-state index contributed by atoms with van der Waals surface area (Å²) in [5.41, 5.74) is 0.676. The molecule has 0 heterocycles. The Morgan fingerprint density at radius 3 is 1.90 bits per heavy atom. The first kappa shape index (κ1) is 22.8. The highest BCUT2D eigenvalue weighted by molar-refractivity contribution is 6.66. The first-order valence-electron chi connectivity index (χ1n) is 8.03. The summed E-state index contributed by atoms with van der Waals surface area (Å²) >= 11 is 38.1. The summed E-state index contributed by atoms with van der Waals surface area (Å²) in [7, 11) is 0. The molecular formula is C17H12Cl6N2O4. The second-order valence-electron chi connectivity index (χ2n) is 6.67. The van der Waals surface area contributed by atoms with Crippen molar-refractivity contribution >= 4 is 98.8 Å². The monoisotopic (exact) mass is 518 g/mol. The lowest BCUT2D eigenvalue weighted by atomic mass is 9.81. The van der Waals surface area contributed by atoms with E-state index in [-0.39, 0.29) is 21.7 Å². The minimum atomic E-state index is -2.18. The van der Waals surface area contributed by atoms with Crippen LogP contribution in [0.2, 0.25) is 0 Å². The van der Waals surface area contributed by atoms with Crippen molar-refractivity contribution in [2.75, 3.05) is 10.6 Å². The normalized spacial score (nSPS) is 32.2. The van der Waals surface area contributed by atoms with Crippen molar-refractivity contribution in [3.63, 3.8) is 0 Å². The third-order valence-electron chi connectivity index (χ3n) is 4.93. The minimum Gasteiger partial charge on any atom is -0.481 e. The largest absolute Gasteiger partial charge is 0.481 e. The SMILES string of the molecule is CC(=O)Nc1cccc(NC(=O)[C@H]2[C@H](C(=O)O)[C@@]3(Cl)C(Cl)=C(Cl)[C@@]2(Cl)C3(Cl)Cl)c1. The second kappa shape index (κ2) is 7.36. The number of hydrogen-bond acceptors (Lipinski definition) is 3. The van der Waals surface area contributed by atoms with Crippen LogP contribution in [-0.4, -0.2) is 37.0 Å². The smallest absolute Gasteiger partial charge is 0.309 e. The molecule has 1 saturated carbocycles. The van der Waals surface area contributed by atoms with E-state index in [4.69, 9.17) is 69.6 Å². The summed E-state index contributed by atoms with van der Waals surface area (Å²) in [4.78, 5) is 32.1. The molecule has 0 unspecified atom stereocenters. The van der Waals surface area contributed by atoms with E-state index in [1.165, 1.54) is 19.1 Å². The Kier molecular flexibility index (Phi) is 5.78. The van der Waals surface area contributed by atoms with E-state index >= 15 is 0 Å². The van der Waals surface area contributed by atoms with Gasteiger partial charge >= 0.3 is 5.97 Å². The lowest BCUT2D eigenvalue weighted by molar-refractivity contribution is -0.146. The zero-order valence-electron chi connectivity index (χ0n) is 14.4. The highest BCUT2D eigenvalue weighted by Gasteiger charge is 2.85. The number of carboxylic acids is 1. The van der Waals surface area contributed by atoms with E-state index in [0.29, 0.717) is 5.69 Å². The summed E-state index contributed by atoms with van der Waals surface area (Å²) in [6.45, 7) is 1.33. The zero-order valence-corrected chi connectivity index (χ0v) is 18.9. The number of anilines is 2. The van der Waals surface area contributed by atoms with Crippen LogP contribution >= 0.6 is 69.6 Å². The number of hydrogen-bond donors (Lipinski definition) is 3. The van der Waals surface area contributed by atoms with E-state index in [0.717, 1.165) is 0 Å². The molecule has 0 spiro atoms. The van der Waals surface area contributed by atoms with Gasteiger partial charge < -0.3 is 15.7 Å². The third-order valence-corrected chi connectivity index (χ3v) is 9.19. The quantitative estimate of drug-likeness (QED) is 0.499. The number of amides is 2. The topological polar surface area (TPSA) is 95.5 Å². The molecule has 2 amide bonds. The average Bonchev–Trinajstić information content (AvgIpc) is 2.81. The van der Waals surface area contributed by atoms with Crippen molar-refractivity contribution in [2.24, 2.45) is 11.8 Å². The highest BCUT2D eigenvalue weighted by atomic mass is 35.5. The number of alkyl halides is 4. The molecule has 1 aromatic rings. The van der Waals surface area contributed by atoms with E-state index in [1.54, 1.807) is 12.1 Å². The molecule has 0 radical (unpaired) electrons. The van der Waals surface area contributed by atoms with Crippen molar-refractivity contribution in [3.8, 4) is 0 Å². The van der Waals surface area contributed by atoms with Gasteiger partial charge in [0, 0.05) is 18.3 Å². The summed E-state index contributed by atoms with van der Waals surface area (Å²) in [5.74, 6) is -5.82. The molecule has 2 bridgehead atoms. The zero-order chi connectivity index (χ0) is 21.9. The van der Waals surface area contributed by atoms with Crippen LogP contribution in [0, 0.1) is 11.8 Å². The lowest BCUT2D eigenvalue weighted by Crippen LogP contribution is -2.47. The van der Waals surface area contributed by atoms with Crippen LogP contribution < -0.4 is 10.6 Å². The van der Waals surface area contributed by atoms with E-state index in [1.807, 2.05) is 0 Å². The number of fused-ring (bicyclic) bond motifs is 2. The number of carboxylic acid groups (broad SMARTS) is 1. The highest BCUT2D eigenvalue weighted by Crippen LogP contribution is 2.76. The predicted molar refractivity (Wildman–Crippen MR) is 114 cm³/mol. The summed E-state index contributed by atoms with van der Waals surface area (Å²) in [5, 5.41) is 14.3. The lowest BCUT2D eigenvalue weighted by Gasteiger charge is -2.33. The van der Waals surface area contributed by atoms with Crippen LogP contribution in [0.3, 0.4) is 0 Å². The van der Waals surface area contributed by atoms with Gasteiger partial charge in [-0.1, -0.05) is 52.5 Å². The van der Waals surface area contributed by atoms with Crippen molar-refractivity contribution in [3.05, 3.63) is 34.3 Å². The Morgan fingerprint density at radius 1 is 0.931 bits per heavy atom. The third kappa shape index (κ3) is 3.03. The van der Waals surface area contributed by atoms with Crippen LogP contribution in [0.1, 0.15) is 6.92 Å². The number of benzene rings is 1. The Labute approximate surface area is 195 Å². The van der Waals surface area contributed by atoms with Crippen LogP contribution in [0.25, 0.3) is 0 Å². The molecule has 2 aliphatic rings. The Morgan fingerprint density at radius 2 is 1.41 bits per heavy atom. The van der Waals surface area contributed by atoms with E-state index in [2.05, 4.69) is 10.6 Å². The van der Waals surface area contributed by atoms with Crippen molar-refractivity contribution in [1.82, 2.24) is 0 Å². The van der Waals surface area contributed by atoms with Gasteiger partial charge in [-0.15, -0.1) is 23.2 Å². The first-order valence-corrected chi connectivity index (χ1v) is 10.3. The molecule has 0 aliphatic heterocycles. The van der Waals surface area contributed by atoms with Crippen LogP contribution in [-0.2, 0) is 14.4 Å². The average molecular weight is 521 g/mol. The number of aliphatic carboxylic acids is 1. The molecule has 29 heavy (non-hydrogen) atoms. The molecule has 2 aliphatic carbocycles. The molecule has 1 fully saturated rings. The molecule has 0 aromatic heterocycles. The van der Waals surface area contributed by atoms with Gasteiger partial charge in [-0.05, 0) is 18.2 Å². The molecule has 6 nitrogen and oxygen atoms in total. The fraction of sp³-hybridized carbons (Fsp3) is 0.353. The van der Waals surface area contributed by atoms with Gasteiger partial charge in [0.25, 0.3) is 0 Å². The van der Waals surface area contributed by atoms with Gasteiger partial charge in [-0.25, -0.2) is 0 Å². The molecule has 156 valence electrons. The molecular weight excluding hydrogens is 509 g/mol. The Bertz CT molecular complexity index is 967. The van der Waals surface area contributed by atoms with Crippen molar-refractivity contribution < 1.29 is 19.5 Å². The molecule has 3 rings (SSSR count). The van der Waals surface area contributed by atoms with Gasteiger partial charge in [0.1, 0.15) is 9.75 Å². The molecule has 4 atom stereocenters. The molecule has 12 heteroatoms. The van der Waals surface area contributed by atoms with Crippen LogP contribution in [0.15, 0.2) is 34.3 Å². The number of nitrogens with one attached hydrogen (secondary N) is 2. The fourth-order valence-corrected chi connectivity index (χ4v) is 6.66.